The maximum absolute atomic E-state index is 12.1. The zero-order valence-electron chi connectivity index (χ0n) is 12.9. The van der Waals surface area contributed by atoms with Gasteiger partial charge in [0, 0.05) is 11.8 Å². The molecule has 0 aliphatic rings. The number of aromatic nitrogens is 7. The number of rotatable bonds is 4. The highest BCUT2D eigenvalue weighted by atomic mass is 16.2. The number of fused-ring (bicyclic) bond motifs is 1. The van der Waals surface area contributed by atoms with Gasteiger partial charge in [-0.25, -0.2) is 9.97 Å². The summed E-state index contributed by atoms with van der Waals surface area (Å²) < 4.78 is 1.21. The van der Waals surface area contributed by atoms with Crippen LogP contribution in [0.4, 0.5) is 0 Å². The van der Waals surface area contributed by atoms with Gasteiger partial charge in [-0.05, 0) is 20.8 Å². The molecule has 0 bridgehead atoms. The van der Waals surface area contributed by atoms with E-state index in [0.29, 0.717) is 23.2 Å². The summed E-state index contributed by atoms with van der Waals surface area (Å²) in [5, 5.41) is 12.3. The molecule has 0 unspecified atom stereocenters. The second-order valence-corrected chi connectivity index (χ2v) is 5.29. The van der Waals surface area contributed by atoms with Crippen LogP contribution >= 0.6 is 0 Å². The predicted octanol–water partition coefficient (Wildman–Crippen LogP) is -0.428. The van der Waals surface area contributed by atoms with E-state index in [2.05, 4.69) is 35.6 Å². The van der Waals surface area contributed by atoms with Gasteiger partial charge >= 0.3 is 0 Å². The molecule has 0 radical (unpaired) electrons. The van der Waals surface area contributed by atoms with E-state index in [-0.39, 0.29) is 29.7 Å². The minimum atomic E-state index is -0.333. The molecule has 1 amide bonds. The Hall–Kier alpha value is -3.04. The minimum Gasteiger partial charge on any atom is -0.346 e. The first-order valence-electron chi connectivity index (χ1n) is 7.06. The van der Waals surface area contributed by atoms with Crippen LogP contribution < -0.4 is 10.9 Å². The van der Waals surface area contributed by atoms with Gasteiger partial charge in [-0.3, -0.25) is 19.8 Å². The molecule has 3 N–H and O–H groups in total. The Bertz CT molecular complexity index is 922. The molecular weight excluding hydrogens is 300 g/mol. The topological polar surface area (TPSA) is 134 Å². The lowest BCUT2D eigenvalue weighted by Gasteiger charge is -2.09. The number of hydrogen-bond donors (Lipinski definition) is 3. The van der Waals surface area contributed by atoms with Crippen LogP contribution in [-0.2, 0) is 11.2 Å². The summed E-state index contributed by atoms with van der Waals surface area (Å²) in [5.41, 5.74) is 0.308. The smallest absolute Gasteiger partial charge is 0.274 e. The second kappa shape index (κ2) is 5.63. The van der Waals surface area contributed by atoms with Crippen LogP contribution in [0.5, 0.6) is 0 Å². The highest BCUT2D eigenvalue weighted by Gasteiger charge is 2.16. The molecule has 0 aliphatic carbocycles. The molecule has 10 heteroatoms. The molecule has 0 saturated heterocycles. The van der Waals surface area contributed by atoms with E-state index in [1.165, 1.54) is 10.6 Å². The third kappa shape index (κ3) is 3.10. The van der Waals surface area contributed by atoms with E-state index < -0.39 is 0 Å². The van der Waals surface area contributed by atoms with Crippen molar-refractivity contribution in [3.05, 3.63) is 39.6 Å². The van der Waals surface area contributed by atoms with Gasteiger partial charge < -0.3 is 5.32 Å². The van der Waals surface area contributed by atoms with E-state index >= 15 is 0 Å². The van der Waals surface area contributed by atoms with Crippen LogP contribution in [0.25, 0.3) is 5.78 Å². The van der Waals surface area contributed by atoms with Gasteiger partial charge in [0.1, 0.15) is 11.6 Å². The summed E-state index contributed by atoms with van der Waals surface area (Å²) in [6.07, 6.45) is -0.00437. The van der Waals surface area contributed by atoms with Gasteiger partial charge in [-0.1, -0.05) is 0 Å². The fraction of sp³-hybridized carbons (Fsp3) is 0.385. The van der Waals surface area contributed by atoms with E-state index in [1.54, 1.807) is 20.8 Å². The van der Waals surface area contributed by atoms with Crippen LogP contribution in [0.2, 0.25) is 0 Å². The minimum absolute atomic E-state index is 0.00437. The number of carbonyl (C=O) groups excluding carboxylic acids is 1. The summed E-state index contributed by atoms with van der Waals surface area (Å²) in [7, 11) is 0. The van der Waals surface area contributed by atoms with Crippen molar-refractivity contribution in [3.8, 4) is 0 Å². The summed E-state index contributed by atoms with van der Waals surface area (Å²) >= 11 is 0. The van der Waals surface area contributed by atoms with Gasteiger partial charge in [-0.15, -0.1) is 0 Å². The second-order valence-electron chi connectivity index (χ2n) is 5.29. The van der Waals surface area contributed by atoms with Gasteiger partial charge in [-0.2, -0.15) is 14.6 Å². The lowest BCUT2D eigenvalue weighted by molar-refractivity contribution is -0.121. The Morgan fingerprint density at radius 2 is 2.13 bits per heavy atom. The lowest BCUT2D eigenvalue weighted by atomic mass is 10.3. The summed E-state index contributed by atoms with van der Waals surface area (Å²) in [5.74, 6) is 1.53. The lowest BCUT2D eigenvalue weighted by Crippen LogP contribution is -2.29. The maximum Gasteiger partial charge on any atom is 0.274 e. The van der Waals surface area contributed by atoms with Crippen LogP contribution in [0.3, 0.4) is 0 Å². The van der Waals surface area contributed by atoms with Crippen LogP contribution in [0, 0.1) is 13.8 Å². The molecule has 1 atom stereocenters. The molecular formula is C13H16N8O2. The number of aryl methyl sites for hydroxylation is 2. The number of nitrogens with zero attached hydrogens (tertiary/aromatic N) is 5. The van der Waals surface area contributed by atoms with Gasteiger partial charge in [0.2, 0.25) is 5.91 Å². The number of amides is 1. The van der Waals surface area contributed by atoms with Crippen molar-refractivity contribution < 1.29 is 4.79 Å². The van der Waals surface area contributed by atoms with Crippen molar-refractivity contribution in [1.29, 1.82) is 0 Å². The highest BCUT2D eigenvalue weighted by molar-refractivity contribution is 5.78. The number of hydrogen-bond acceptors (Lipinski definition) is 6. The Kier molecular flexibility index (Phi) is 3.64. The summed E-state index contributed by atoms with van der Waals surface area (Å²) in [6.45, 7) is 5.28. The molecule has 0 spiro atoms. The molecule has 10 nitrogen and oxygen atoms in total. The molecule has 3 heterocycles. The fourth-order valence-corrected chi connectivity index (χ4v) is 2.18. The molecule has 0 fully saturated rings. The van der Waals surface area contributed by atoms with Crippen LogP contribution in [0.15, 0.2) is 10.9 Å². The number of nitrogens with one attached hydrogen (secondary N) is 3. The standard InChI is InChI=1S/C13H16N8O2/c1-6-4-11(23)21-13(14-6)17-9(20-21)5-10(22)15-7(2)12-16-8(3)18-19-12/h4,7H,5H2,1-3H3,(H,15,22)(H,14,17,20)(H,16,18,19)/t7-/m1/s1. The zero-order valence-corrected chi connectivity index (χ0v) is 12.9. The molecule has 0 aliphatic heterocycles. The first-order chi connectivity index (χ1) is 10.9. The Morgan fingerprint density at radius 3 is 2.83 bits per heavy atom. The highest BCUT2D eigenvalue weighted by Crippen LogP contribution is 2.06. The normalized spacial score (nSPS) is 12.5. The van der Waals surface area contributed by atoms with Crippen LogP contribution in [0.1, 0.15) is 36.1 Å². The third-order valence-corrected chi connectivity index (χ3v) is 3.21. The van der Waals surface area contributed by atoms with Crippen LogP contribution in [-0.4, -0.2) is 40.7 Å². The first-order valence-corrected chi connectivity index (χ1v) is 7.06. The molecule has 3 aromatic heterocycles. The summed E-state index contributed by atoms with van der Waals surface area (Å²) in [4.78, 5) is 36.3. The van der Waals surface area contributed by atoms with Crippen molar-refractivity contribution in [1.82, 2.24) is 40.1 Å². The van der Waals surface area contributed by atoms with E-state index in [0.717, 1.165) is 0 Å². The number of aromatic amines is 2. The average molecular weight is 316 g/mol. The third-order valence-electron chi connectivity index (χ3n) is 3.21. The molecule has 120 valence electrons. The van der Waals surface area contributed by atoms with E-state index in [1.807, 2.05) is 0 Å². The molecule has 0 aromatic carbocycles. The fourth-order valence-electron chi connectivity index (χ4n) is 2.18. The van der Waals surface area contributed by atoms with Gasteiger partial charge in [0.05, 0.1) is 12.5 Å². The zero-order chi connectivity index (χ0) is 16.6. The van der Waals surface area contributed by atoms with Crippen molar-refractivity contribution in [3.63, 3.8) is 0 Å². The van der Waals surface area contributed by atoms with Crippen molar-refractivity contribution in [2.75, 3.05) is 0 Å². The largest absolute Gasteiger partial charge is 0.346 e. The molecule has 3 aromatic rings. The number of carbonyl (C=O) groups is 1. The molecule has 3 rings (SSSR count). The average Bonchev–Trinajstić information content (AvgIpc) is 3.04. The summed E-state index contributed by atoms with van der Waals surface area (Å²) in [6, 6.07) is 1.06. The SMILES string of the molecule is Cc1cc(=O)n2[nH]c(CC(=O)N[C@H](C)c3n[nH]c(C)n3)nc2n1. The molecule has 23 heavy (non-hydrogen) atoms. The van der Waals surface area contributed by atoms with Gasteiger partial charge in [0.25, 0.3) is 11.3 Å². The predicted molar refractivity (Wildman–Crippen MR) is 79.7 cm³/mol. The van der Waals surface area contributed by atoms with E-state index in [9.17, 15) is 9.59 Å². The van der Waals surface area contributed by atoms with Crippen molar-refractivity contribution in [2.24, 2.45) is 0 Å². The maximum atomic E-state index is 12.1. The van der Waals surface area contributed by atoms with Crippen molar-refractivity contribution in [2.45, 2.75) is 33.2 Å². The molecule has 0 saturated carbocycles. The van der Waals surface area contributed by atoms with Gasteiger partial charge in [0.15, 0.2) is 5.82 Å². The number of H-pyrrole nitrogens is 2. The quantitative estimate of drug-likeness (QED) is 0.598. The Labute approximate surface area is 130 Å². The Balaban J connectivity index is 1.73. The Morgan fingerprint density at radius 1 is 1.35 bits per heavy atom. The van der Waals surface area contributed by atoms with Crippen molar-refractivity contribution >= 4 is 11.7 Å². The monoisotopic (exact) mass is 316 g/mol. The van der Waals surface area contributed by atoms with E-state index in [4.69, 9.17) is 0 Å². The first kappa shape index (κ1) is 14.9.